The fraction of sp³-hybridized carbons (Fsp3) is 0.545. The van der Waals surface area contributed by atoms with Crippen LogP contribution in [0.3, 0.4) is 0 Å². The standard InChI is InChI=1S/C11H18N4O2/c1-5-6-9(16)13-8-7-12-11(17-4)14-10(8)15(2)3/h7H,5-6H2,1-4H3,(H,13,16). The number of methoxy groups -OCH3 is 1. The number of anilines is 2. The van der Waals surface area contributed by atoms with E-state index >= 15 is 0 Å². The number of nitrogens with zero attached hydrogens (tertiary/aromatic N) is 3. The fourth-order valence-corrected chi connectivity index (χ4v) is 1.32. The normalized spacial score (nSPS) is 9.88. The molecule has 0 aliphatic rings. The van der Waals surface area contributed by atoms with Gasteiger partial charge in [-0.05, 0) is 6.42 Å². The quantitative estimate of drug-likeness (QED) is 0.837. The lowest BCUT2D eigenvalue weighted by molar-refractivity contribution is -0.116. The Balaban J connectivity index is 2.94. The number of carbonyl (C=O) groups excluding carboxylic acids is 1. The van der Waals surface area contributed by atoms with Gasteiger partial charge >= 0.3 is 6.01 Å². The summed E-state index contributed by atoms with van der Waals surface area (Å²) in [5.41, 5.74) is 0.592. The topological polar surface area (TPSA) is 67.3 Å². The zero-order valence-corrected chi connectivity index (χ0v) is 10.6. The molecule has 6 heteroatoms. The molecule has 0 aromatic carbocycles. The van der Waals surface area contributed by atoms with Crippen LogP contribution in [0.1, 0.15) is 19.8 Å². The van der Waals surface area contributed by atoms with Gasteiger partial charge in [-0.1, -0.05) is 6.92 Å². The molecule has 0 bridgehead atoms. The van der Waals surface area contributed by atoms with Crippen LogP contribution in [0.5, 0.6) is 6.01 Å². The third-order valence-corrected chi connectivity index (χ3v) is 2.10. The maximum atomic E-state index is 11.5. The van der Waals surface area contributed by atoms with Crippen LogP contribution in [-0.2, 0) is 4.79 Å². The summed E-state index contributed by atoms with van der Waals surface area (Å²) in [6.45, 7) is 1.96. The van der Waals surface area contributed by atoms with Crippen LogP contribution < -0.4 is 15.0 Å². The number of ether oxygens (including phenoxy) is 1. The molecule has 0 saturated heterocycles. The second-order valence-corrected chi connectivity index (χ2v) is 3.79. The summed E-state index contributed by atoms with van der Waals surface area (Å²) in [4.78, 5) is 21.5. The first-order valence-electron chi connectivity index (χ1n) is 5.46. The minimum Gasteiger partial charge on any atom is -0.467 e. The molecule has 17 heavy (non-hydrogen) atoms. The lowest BCUT2D eigenvalue weighted by Crippen LogP contribution is -2.18. The van der Waals surface area contributed by atoms with Gasteiger partial charge in [-0.2, -0.15) is 4.98 Å². The van der Waals surface area contributed by atoms with Gasteiger partial charge in [0.15, 0.2) is 5.82 Å². The van der Waals surface area contributed by atoms with E-state index in [1.54, 1.807) is 11.1 Å². The van der Waals surface area contributed by atoms with Gasteiger partial charge in [-0.3, -0.25) is 4.79 Å². The van der Waals surface area contributed by atoms with Gasteiger partial charge in [-0.15, -0.1) is 0 Å². The van der Waals surface area contributed by atoms with Crippen molar-refractivity contribution in [3.63, 3.8) is 0 Å². The minimum absolute atomic E-state index is 0.0376. The third-order valence-electron chi connectivity index (χ3n) is 2.10. The molecule has 1 amide bonds. The molecule has 1 N–H and O–H groups in total. The molecule has 1 heterocycles. The van der Waals surface area contributed by atoms with Crippen molar-refractivity contribution in [3.05, 3.63) is 6.20 Å². The van der Waals surface area contributed by atoms with Gasteiger partial charge in [0.2, 0.25) is 5.91 Å². The molecular formula is C11H18N4O2. The molecule has 0 saturated carbocycles. The third kappa shape index (κ3) is 3.58. The van der Waals surface area contributed by atoms with Crippen molar-refractivity contribution in [1.82, 2.24) is 9.97 Å². The van der Waals surface area contributed by atoms with Crippen molar-refractivity contribution >= 4 is 17.4 Å². The highest BCUT2D eigenvalue weighted by molar-refractivity contribution is 5.93. The van der Waals surface area contributed by atoms with E-state index in [1.165, 1.54) is 7.11 Å². The van der Waals surface area contributed by atoms with Gasteiger partial charge in [0.1, 0.15) is 5.69 Å². The van der Waals surface area contributed by atoms with Crippen LogP contribution in [0.15, 0.2) is 6.20 Å². The summed E-state index contributed by atoms with van der Waals surface area (Å²) in [7, 11) is 5.19. The Morgan fingerprint density at radius 1 is 1.53 bits per heavy atom. The van der Waals surface area contributed by atoms with E-state index in [4.69, 9.17) is 4.74 Å². The van der Waals surface area contributed by atoms with E-state index in [9.17, 15) is 4.79 Å². The zero-order chi connectivity index (χ0) is 12.8. The number of hydrogen-bond donors (Lipinski definition) is 1. The molecule has 1 aromatic rings. The number of nitrogens with one attached hydrogen (secondary N) is 1. The highest BCUT2D eigenvalue weighted by Gasteiger charge is 2.11. The highest BCUT2D eigenvalue weighted by atomic mass is 16.5. The van der Waals surface area contributed by atoms with Gasteiger partial charge in [-0.25, -0.2) is 4.98 Å². The van der Waals surface area contributed by atoms with Crippen molar-refractivity contribution < 1.29 is 9.53 Å². The van der Waals surface area contributed by atoms with Crippen molar-refractivity contribution in [2.24, 2.45) is 0 Å². The second kappa shape index (κ2) is 6.03. The summed E-state index contributed by atoms with van der Waals surface area (Å²) in [5.74, 6) is 0.589. The molecule has 1 aromatic heterocycles. The highest BCUT2D eigenvalue weighted by Crippen LogP contribution is 2.22. The maximum Gasteiger partial charge on any atom is 0.318 e. The van der Waals surface area contributed by atoms with E-state index in [1.807, 2.05) is 21.0 Å². The second-order valence-electron chi connectivity index (χ2n) is 3.79. The lowest BCUT2D eigenvalue weighted by Gasteiger charge is -2.16. The minimum atomic E-state index is -0.0376. The molecule has 0 spiro atoms. The van der Waals surface area contributed by atoms with Crippen molar-refractivity contribution in [2.75, 3.05) is 31.4 Å². The number of carbonyl (C=O) groups is 1. The first kappa shape index (κ1) is 13.2. The Morgan fingerprint density at radius 2 is 2.24 bits per heavy atom. The Morgan fingerprint density at radius 3 is 2.76 bits per heavy atom. The SMILES string of the molecule is CCCC(=O)Nc1cnc(OC)nc1N(C)C. The van der Waals surface area contributed by atoms with E-state index in [-0.39, 0.29) is 11.9 Å². The van der Waals surface area contributed by atoms with E-state index in [0.717, 1.165) is 6.42 Å². The molecule has 0 aliphatic heterocycles. The average molecular weight is 238 g/mol. The molecule has 0 fully saturated rings. The van der Waals surface area contributed by atoms with Crippen LogP contribution in [-0.4, -0.2) is 37.1 Å². The summed E-state index contributed by atoms with van der Waals surface area (Å²) in [5, 5.41) is 2.78. The van der Waals surface area contributed by atoms with Crippen LogP contribution in [0.2, 0.25) is 0 Å². The summed E-state index contributed by atoms with van der Waals surface area (Å²) >= 11 is 0. The molecule has 0 atom stereocenters. The van der Waals surface area contributed by atoms with Crippen LogP contribution >= 0.6 is 0 Å². The number of amides is 1. The van der Waals surface area contributed by atoms with Crippen molar-refractivity contribution in [1.29, 1.82) is 0 Å². The first-order valence-corrected chi connectivity index (χ1v) is 5.46. The van der Waals surface area contributed by atoms with Crippen LogP contribution in [0.25, 0.3) is 0 Å². The van der Waals surface area contributed by atoms with Crippen LogP contribution in [0, 0.1) is 0 Å². The lowest BCUT2D eigenvalue weighted by atomic mass is 10.3. The van der Waals surface area contributed by atoms with E-state index < -0.39 is 0 Å². The Labute approximate surface area is 101 Å². The summed E-state index contributed by atoms with van der Waals surface area (Å²) in [6, 6.07) is 0.280. The molecule has 0 radical (unpaired) electrons. The first-order chi connectivity index (χ1) is 8.08. The zero-order valence-electron chi connectivity index (χ0n) is 10.6. The van der Waals surface area contributed by atoms with Crippen LogP contribution in [0.4, 0.5) is 11.5 Å². The molecule has 0 aliphatic carbocycles. The maximum absolute atomic E-state index is 11.5. The van der Waals surface area contributed by atoms with Crippen molar-refractivity contribution in [2.45, 2.75) is 19.8 Å². The Kier molecular flexibility index (Phi) is 4.68. The van der Waals surface area contributed by atoms with Gasteiger partial charge in [0, 0.05) is 20.5 Å². The van der Waals surface area contributed by atoms with Gasteiger partial charge in [0.25, 0.3) is 0 Å². The molecule has 6 nitrogen and oxygen atoms in total. The number of hydrogen-bond acceptors (Lipinski definition) is 5. The molecule has 94 valence electrons. The van der Waals surface area contributed by atoms with Gasteiger partial charge in [0.05, 0.1) is 13.3 Å². The summed E-state index contributed by atoms with van der Waals surface area (Å²) in [6.07, 6.45) is 2.84. The van der Waals surface area contributed by atoms with E-state index in [0.29, 0.717) is 17.9 Å². The summed E-state index contributed by atoms with van der Waals surface area (Å²) < 4.78 is 4.95. The molecular weight excluding hydrogens is 220 g/mol. The monoisotopic (exact) mass is 238 g/mol. The fourth-order valence-electron chi connectivity index (χ4n) is 1.32. The average Bonchev–Trinajstić information content (AvgIpc) is 2.29. The van der Waals surface area contributed by atoms with E-state index in [2.05, 4.69) is 15.3 Å². The predicted molar refractivity (Wildman–Crippen MR) is 66.4 cm³/mol. The smallest absolute Gasteiger partial charge is 0.318 e. The molecule has 1 rings (SSSR count). The Hall–Kier alpha value is -1.85. The molecule has 0 unspecified atom stereocenters. The number of rotatable bonds is 5. The van der Waals surface area contributed by atoms with Gasteiger partial charge < -0.3 is 15.0 Å². The Bertz CT molecular complexity index is 393. The number of aromatic nitrogens is 2. The van der Waals surface area contributed by atoms with Crippen molar-refractivity contribution in [3.8, 4) is 6.01 Å². The predicted octanol–water partition coefficient (Wildman–Crippen LogP) is 1.29. The largest absolute Gasteiger partial charge is 0.467 e.